The molecule has 0 saturated heterocycles. The third kappa shape index (κ3) is 2.99. The summed E-state index contributed by atoms with van der Waals surface area (Å²) in [6, 6.07) is 16.3. The second kappa shape index (κ2) is 7.10. The highest BCUT2D eigenvalue weighted by Crippen LogP contribution is 2.44. The van der Waals surface area contributed by atoms with Crippen LogP contribution in [0.2, 0.25) is 0 Å². The molecule has 1 amide bonds. The molecule has 4 heteroatoms. The molecule has 1 heterocycles. The molecule has 0 spiro atoms. The van der Waals surface area contributed by atoms with Crippen LogP contribution in [0.15, 0.2) is 54.6 Å². The maximum atomic E-state index is 13.4. The molecule has 0 aromatic heterocycles. The van der Waals surface area contributed by atoms with Gasteiger partial charge in [-0.15, -0.1) is 0 Å². The van der Waals surface area contributed by atoms with Crippen molar-refractivity contribution < 1.29 is 14.4 Å². The lowest BCUT2D eigenvalue weighted by Gasteiger charge is -2.36. The summed E-state index contributed by atoms with van der Waals surface area (Å²) >= 11 is 0. The van der Waals surface area contributed by atoms with Crippen LogP contribution in [0.5, 0.6) is 0 Å². The summed E-state index contributed by atoms with van der Waals surface area (Å²) in [5, 5.41) is 0. The number of benzene rings is 2. The lowest BCUT2D eigenvalue weighted by Crippen LogP contribution is -2.47. The second-order valence-corrected chi connectivity index (χ2v) is 7.47. The molecule has 4 nitrogen and oxygen atoms in total. The van der Waals surface area contributed by atoms with Gasteiger partial charge < -0.3 is 4.90 Å². The average molecular weight is 361 g/mol. The number of nitrogens with zero attached hydrogens (tertiary/aromatic N) is 1. The van der Waals surface area contributed by atoms with E-state index in [-0.39, 0.29) is 29.3 Å². The zero-order chi connectivity index (χ0) is 19.0. The van der Waals surface area contributed by atoms with E-state index in [1.807, 2.05) is 48.5 Å². The highest BCUT2D eigenvalue weighted by atomic mass is 16.2. The fourth-order valence-electron chi connectivity index (χ4n) is 4.71. The fourth-order valence-corrected chi connectivity index (χ4v) is 4.71. The van der Waals surface area contributed by atoms with Crippen LogP contribution >= 0.6 is 0 Å². The van der Waals surface area contributed by atoms with Gasteiger partial charge in [-0.1, -0.05) is 48.9 Å². The molecule has 1 fully saturated rings. The van der Waals surface area contributed by atoms with Crippen LogP contribution in [-0.2, 0) is 9.59 Å². The van der Waals surface area contributed by atoms with Crippen molar-refractivity contribution in [3.05, 3.63) is 65.7 Å². The zero-order valence-electron chi connectivity index (χ0n) is 15.4. The van der Waals surface area contributed by atoms with E-state index >= 15 is 0 Å². The van der Waals surface area contributed by atoms with Gasteiger partial charge in [-0.2, -0.15) is 0 Å². The van der Waals surface area contributed by atoms with Crippen molar-refractivity contribution in [3.63, 3.8) is 0 Å². The van der Waals surface area contributed by atoms with Crippen LogP contribution in [0.3, 0.4) is 0 Å². The molecule has 1 aliphatic carbocycles. The Morgan fingerprint density at radius 1 is 1.00 bits per heavy atom. The van der Waals surface area contributed by atoms with Gasteiger partial charge in [0.15, 0.2) is 5.78 Å². The molecule has 3 atom stereocenters. The third-order valence-corrected chi connectivity index (χ3v) is 5.88. The minimum absolute atomic E-state index is 0.0620. The number of carbonyl (C=O) groups is 3. The number of fused-ring (bicyclic) bond motifs is 1. The van der Waals surface area contributed by atoms with Crippen molar-refractivity contribution in [2.75, 3.05) is 4.90 Å². The lowest BCUT2D eigenvalue weighted by molar-refractivity contribution is -0.126. The standard InChI is InChI=1S/C23H23NO3/c1-15(25)24-19-13-7-5-11-17(19)23(27)22(24)21(16-9-3-2-4-10-16)18-12-6-8-14-20(18)26/h2-5,7,9-11,13,18,21-22H,6,8,12,14H2,1H3. The molecular weight excluding hydrogens is 338 g/mol. The Hall–Kier alpha value is -2.75. The molecule has 3 unspecified atom stereocenters. The predicted octanol–water partition coefficient (Wildman–Crippen LogP) is 4.15. The summed E-state index contributed by atoms with van der Waals surface area (Å²) in [5.74, 6) is -0.563. The van der Waals surface area contributed by atoms with Crippen molar-refractivity contribution in [1.82, 2.24) is 0 Å². The maximum Gasteiger partial charge on any atom is 0.224 e. The van der Waals surface area contributed by atoms with Gasteiger partial charge in [0.1, 0.15) is 11.8 Å². The third-order valence-electron chi connectivity index (χ3n) is 5.88. The van der Waals surface area contributed by atoms with Crippen LogP contribution in [0.4, 0.5) is 5.69 Å². The Morgan fingerprint density at radius 3 is 2.41 bits per heavy atom. The van der Waals surface area contributed by atoms with Crippen LogP contribution in [-0.4, -0.2) is 23.5 Å². The Morgan fingerprint density at radius 2 is 1.70 bits per heavy atom. The highest BCUT2D eigenvalue weighted by Gasteiger charge is 2.48. The second-order valence-electron chi connectivity index (χ2n) is 7.47. The van der Waals surface area contributed by atoms with E-state index < -0.39 is 6.04 Å². The van der Waals surface area contributed by atoms with Crippen LogP contribution < -0.4 is 4.90 Å². The smallest absolute Gasteiger partial charge is 0.224 e. The topological polar surface area (TPSA) is 54.5 Å². The number of hydrogen-bond donors (Lipinski definition) is 0. The highest BCUT2D eigenvalue weighted by molar-refractivity contribution is 6.18. The Labute approximate surface area is 159 Å². The van der Waals surface area contributed by atoms with Crippen LogP contribution in [0, 0.1) is 5.92 Å². The van der Waals surface area contributed by atoms with Gasteiger partial charge in [-0.25, -0.2) is 0 Å². The van der Waals surface area contributed by atoms with Crippen molar-refractivity contribution >= 4 is 23.2 Å². The van der Waals surface area contributed by atoms with Gasteiger partial charge in [0, 0.05) is 30.7 Å². The summed E-state index contributed by atoms with van der Waals surface area (Å²) < 4.78 is 0. The van der Waals surface area contributed by atoms with Crippen LogP contribution in [0.25, 0.3) is 0 Å². The van der Waals surface area contributed by atoms with Crippen molar-refractivity contribution in [3.8, 4) is 0 Å². The first kappa shape index (κ1) is 17.7. The molecule has 0 radical (unpaired) electrons. The first-order valence-corrected chi connectivity index (χ1v) is 9.60. The van der Waals surface area contributed by atoms with E-state index in [1.165, 1.54) is 6.92 Å². The fraction of sp³-hybridized carbons (Fsp3) is 0.348. The molecule has 2 aliphatic rings. The minimum Gasteiger partial charge on any atom is -0.300 e. The summed E-state index contributed by atoms with van der Waals surface area (Å²) in [6.07, 6.45) is 3.21. The molecule has 138 valence electrons. The van der Waals surface area contributed by atoms with E-state index in [9.17, 15) is 14.4 Å². The zero-order valence-corrected chi connectivity index (χ0v) is 15.4. The SMILES string of the molecule is CC(=O)N1c2ccccc2C(=O)C1C(c1ccccc1)C1CCCCC1=O. The van der Waals surface area contributed by atoms with Gasteiger partial charge in [0.25, 0.3) is 0 Å². The van der Waals surface area contributed by atoms with Crippen molar-refractivity contribution in [2.24, 2.45) is 5.92 Å². The van der Waals surface area contributed by atoms with Gasteiger partial charge in [-0.05, 0) is 30.5 Å². The molecule has 1 aliphatic heterocycles. The first-order valence-electron chi connectivity index (χ1n) is 9.60. The van der Waals surface area contributed by atoms with E-state index in [2.05, 4.69) is 0 Å². The Bertz CT molecular complexity index is 890. The van der Waals surface area contributed by atoms with Gasteiger partial charge >= 0.3 is 0 Å². The maximum absolute atomic E-state index is 13.4. The van der Waals surface area contributed by atoms with Gasteiger partial charge in [0.05, 0.1) is 5.69 Å². The normalized spacial score (nSPS) is 23.2. The molecule has 0 bridgehead atoms. The number of anilines is 1. The summed E-state index contributed by atoms with van der Waals surface area (Å²) in [5.41, 5.74) is 2.18. The summed E-state index contributed by atoms with van der Waals surface area (Å²) in [6.45, 7) is 1.49. The average Bonchev–Trinajstić information content (AvgIpc) is 2.98. The largest absolute Gasteiger partial charge is 0.300 e. The van der Waals surface area contributed by atoms with Crippen LogP contribution in [0.1, 0.15) is 54.4 Å². The molecule has 4 rings (SSSR count). The predicted molar refractivity (Wildman–Crippen MR) is 104 cm³/mol. The van der Waals surface area contributed by atoms with Gasteiger partial charge in [-0.3, -0.25) is 14.4 Å². The van der Waals surface area contributed by atoms with Crippen molar-refractivity contribution in [2.45, 2.75) is 44.6 Å². The number of Topliss-reactive ketones (excluding diaryl/α,β-unsaturated/α-hetero) is 2. The molecule has 0 N–H and O–H groups in total. The molecule has 27 heavy (non-hydrogen) atoms. The summed E-state index contributed by atoms with van der Waals surface area (Å²) in [4.78, 5) is 40.3. The quantitative estimate of drug-likeness (QED) is 0.825. The lowest BCUT2D eigenvalue weighted by atomic mass is 9.71. The van der Waals surface area contributed by atoms with E-state index in [1.54, 1.807) is 11.0 Å². The minimum atomic E-state index is -0.658. The molecule has 2 aromatic carbocycles. The number of carbonyl (C=O) groups excluding carboxylic acids is 3. The molecular formula is C23H23NO3. The Kier molecular flexibility index (Phi) is 4.65. The van der Waals surface area contributed by atoms with E-state index in [4.69, 9.17) is 0 Å². The summed E-state index contributed by atoms with van der Waals surface area (Å²) in [7, 11) is 0. The van der Waals surface area contributed by atoms with Gasteiger partial charge in [0.2, 0.25) is 5.91 Å². The van der Waals surface area contributed by atoms with E-state index in [0.29, 0.717) is 17.7 Å². The first-order chi connectivity index (χ1) is 13.1. The monoisotopic (exact) mass is 361 g/mol. The molecule has 1 saturated carbocycles. The number of hydrogen-bond acceptors (Lipinski definition) is 3. The Balaban J connectivity index is 1.85. The number of ketones is 2. The number of rotatable bonds is 3. The number of para-hydroxylation sites is 1. The van der Waals surface area contributed by atoms with E-state index in [0.717, 1.165) is 24.8 Å². The molecule has 2 aromatic rings. The number of amides is 1. The van der Waals surface area contributed by atoms with Crippen molar-refractivity contribution in [1.29, 1.82) is 0 Å².